The molecule has 0 saturated heterocycles. The van der Waals surface area contributed by atoms with Gasteiger partial charge in [0.05, 0.1) is 22.9 Å². The normalized spacial score (nSPS) is 11.7. The zero-order chi connectivity index (χ0) is 23.6. The van der Waals surface area contributed by atoms with Gasteiger partial charge in [-0.25, -0.2) is 4.79 Å². The van der Waals surface area contributed by atoms with Crippen LogP contribution in [0.1, 0.15) is 27.4 Å². The molecule has 0 fully saturated rings. The SMILES string of the molecule is COC(=O)c1cc(/C=c2/sc(=C(C#N)C#N)n(-c3cccc(C(F)(F)F)c3)c2=O)oc1C. The Hall–Kier alpha value is -4.09. The zero-order valence-electron chi connectivity index (χ0n) is 16.5. The van der Waals surface area contributed by atoms with Crippen LogP contribution >= 0.6 is 11.3 Å². The quantitative estimate of drug-likeness (QED) is 0.557. The number of furan rings is 1. The molecule has 0 unspecified atom stereocenters. The molecular weight excluding hydrogens is 447 g/mol. The average molecular weight is 459 g/mol. The van der Waals surface area contributed by atoms with Crippen molar-refractivity contribution in [1.29, 1.82) is 10.5 Å². The number of methoxy groups -OCH3 is 1. The number of benzene rings is 1. The Morgan fingerprint density at radius 2 is 1.94 bits per heavy atom. The molecule has 0 saturated carbocycles. The highest BCUT2D eigenvalue weighted by atomic mass is 32.1. The number of carbonyl (C=O) groups excluding carboxylic acids is 1. The van der Waals surface area contributed by atoms with Gasteiger partial charge in [-0.15, -0.1) is 11.3 Å². The first-order chi connectivity index (χ1) is 15.1. The van der Waals surface area contributed by atoms with Gasteiger partial charge in [0.2, 0.25) is 0 Å². The first-order valence-corrected chi connectivity index (χ1v) is 9.56. The number of rotatable bonds is 3. The van der Waals surface area contributed by atoms with Crippen molar-refractivity contribution in [3.8, 4) is 17.8 Å². The summed E-state index contributed by atoms with van der Waals surface area (Å²) in [6, 6.07) is 8.61. The van der Waals surface area contributed by atoms with E-state index in [0.717, 1.165) is 34.1 Å². The lowest BCUT2D eigenvalue weighted by Gasteiger charge is -2.09. The maximum absolute atomic E-state index is 13.2. The smallest absolute Gasteiger partial charge is 0.416 e. The molecule has 1 aromatic carbocycles. The molecule has 0 spiro atoms. The van der Waals surface area contributed by atoms with Crippen LogP contribution < -0.4 is 14.8 Å². The summed E-state index contributed by atoms with van der Waals surface area (Å²) in [5.74, 6) is -0.303. The molecule has 0 amide bonds. The molecule has 0 radical (unpaired) electrons. The van der Waals surface area contributed by atoms with Crippen molar-refractivity contribution in [2.45, 2.75) is 13.1 Å². The third-order valence-corrected chi connectivity index (χ3v) is 5.40. The van der Waals surface area contributed by atoms with E-state index in [4.69, 9.17) is 4.42 Å². The number of esters is 1. The van der Waals surface area contributed by atoms with Gasteiger partial charge in [0.25, 0.3) is 5.56 Å². The van der Waals surface area contributed by atoms with E-state index in [2.05, 4.69) is 4.74 Å². The van der Waals surface area contributed by atoms with E-state index in [1.807, 2.05) is 0 Å². The molecule has 0 aliphatic carbocycles. The fourth-order valence-electron chi connectivity index (χ4n) is 2.84. The van der Waals surface area contributed by atoms with E-state index < -0.39 is 28.8 Å². The molecule has 0 aliphatic heterocycles. The lowest BCUT2D eigenvalue weighted by atomic mass is 10.2. The van der Waals surface area contributed by atoms with Crippen LogP contribution in [0.2, 0.25) is 0 Å². The summed E-state index contributed by atoms with van der Waals surface area (Å²) in [5, 5.41) is 18.5. The van der Waals surface area contributed by atoms with Gasteiger partial charge < -0.3 is 9.15 Å². The highest BCUT2D eigenvalue weighted by molar-refractivity contribution is 7.07. The number of halogens is 3. The van der Waals surface area contributed by atoms with Gasteiger partial charge in [0.1, 0.15) is 33.9 Å². The van der Waals surface area contributed by atoms with Gasteiger partial charge in [0.15, 0.2) is 5.57 Å². The number of nitriles is 2. The molecule has 0 bridgehead atoms. The maximum Gasteiger partial charge on any atom is 0.416 e. The summed E-state index contributed by atoms with van der Waals surface area (Å²) >= 11 is 0.731. The van der Waals surface area contributed by atoms with Crippen LogP contribution in [-0.4, -0.2) is 17.6 Å². The van der Waals surface area contributed by atoms with Gasteiger partial charge in [-0.3, -0.25) is 9.36 Å². The van der Waals surface area contributed by atoms with Gasteiger partial charge in [-0.05, 0) is 31.2 Å². The number of ether oxygens (including phenoxy) is 1. The number of nitrogens with zero attached hydrogens (tertiary/aromatic N) is 3. The second-order valence-electron chi connectivity index (χ2n) is 6.31. The number of alkyl halides is 3. The van der Waals surface area contributed by atoms with Crippen LogP contribution in [0.3, 0.4) is 0 Å². The van der Waals surface area contributed by atoms with Crippen molar-refractivity contribution in [3.05, 3.63) is 72.5 Å². The van der Waals surface area contributed by atoms with Crippen molar-refractivity contribution in [3.63, 3.8) is 0 Å². The molecule has 3 rings (SSSR count). The standard InChI is InChI=1S/C21H12F3N3O4S/c1-11-16(20(29)30-2)7-15(31-11)8-17-18(28)27(19(32-17)12(9-25)10-26)14-5-3-4-13(6-14)21(22,23)24/h3-8H,1-2H3/b17-8+. The van der Waals surface area contributed by atoms with Crippen LogP contribution in [0.4, 0.5) is 13.2 Å². The molecule has 162 valence electrons. The van der Waals surface area contributed by atoms with Crippen LogP contribution in [-0.2, 0) is 10.9 Å². The largest absolute Gasteiger partial charge is 0.465 e. The van der Waals surface area contributed by atoms with Gasteiger partial charge in [-0.2, -0.15) is 23.7 Å². The van der Waals surface area contributed by atoms with Crippen LogP contribution in [0.5, 0.6) is 0 Å². The number of thiazole rings is 1. The maximum atomic E-state index is 13.2. The minimum absolute atomic E-state index is 0.0226. The summed E-state index contributed by atoms with van der Waals surface area (Å²) < 4.78 is 50.2. The fraction of sp³-hybridized carbons (Fsp3) is 0.143. The predicted molar refractivity (Wildman–Crippen MR) is 107 cm³/mol. The Labute approximate surface area is 182 Å². The first kappa shape index (κ1) is 22.6. The predicted octanol–water partition coefficient (Wildman–Crippen LogP) is 2.63. The van der Waals surface area contributed by atoms with E-state index in [0.29, 0.717) is 0 Å². The lowest BCUT2D eigenvalue weighted by Crippen LogP contribution is -2.30. The molecule has 0 atom stereocenters. The van der Waals surface area contributed by atoms with Gasteiger partial charge in [-0.1, -0.05) is 6.07 Å². The summed E-state index contributed by atoms with van der Waals surface area (Å²) in [6.45, 7) is 1.52. The highest BCUT2D eigenvalue weighted by Gasteiger charge is 2.30. The van der Waals surface area contributed by atoms with E-state index in [1.54, 1.807) is 12.1 Å². The molecule has 2 aromatic heterocycles. The summed E-state index contributed by atoms with van der Waals surface area (Å²) in [4.78, 5) is 24.8. The lowest BCUT2D eigenvalue weighted by molar-refractivity contribution is -0.137. The number of aromatic nitrogens is 1. The Kier molecular flexibility index (Phi) is 6.05. The Balaban J connectivity index is 2.33. The summed E-state index contributed by atoms with van der Waals surface area (Å²) in [6.07, 6.45) is -3.38. The number of aryl methyl sites for hydroxylation is 1. The van der Waals surface area contributed by atoms with E-state index in [9.17, 15) is 33.3 Å². The molecule has 0 aliphatic rings. The summed E-state index contributed by atoms with van der Waals surface area (Å²) in [7, 11) is 1.19. The average Bonchev–Trinajstić information content (AvgIpc) is 3.28. The Morgan fingerprint density at radius 3 is 2.53 bits per heavy atom. The van der Waals surface area contributed by atoms with Gasteiger partial charge in [0, 0.05) is 6.08 Å². The topological polar surface area (TPSA) is 109 Å². The molecule has 7 nitrogen and oxygen atoms in total. The molecular formula is C21H12F3N3O4S. The van der Waals surface area contributed by atoms with Crippen LogP contribution in [0.25, 0.3) is 17.3 Å². The summed E-state index contributed by atoms with van der Waals surface area (Å²) in [5.41, 5.74) is -2.24. The third-order valence-electron chi connectivity index (χ3n) is 4.31. The van der Waals surface area contributed by atoms with Crippen LogP contribution in [0.15, 0.2) is 39.5 Å². The molecule has 0 N–H and O–H groups in total. The van der Waals surface area contributed by atoms with Crippen molar-refractivity contribution >= 4 is 29.0 Å². The Bertz CT molecular complexity index is 1460. The molecule has 2 heterocycles. The van der Waals surface area contributed by atoms with E-state index in [1.165, 1.54) is 32.2 Å². The number of hydrogen-bond acceptors (Lipinski definition) is 7. The molecule has 32 heavy (non-hydrogen) atoms. The van der Waals surface area contributed by atoms with Crippen molar-refractivity contribution < 1.29 is 27.1 Å². The molecule has 3 aromatic rings. The molecule has 11 heteroatoms. The van der Waals surface area contributed by atoms with E-state index >= 15 is 0 Å². The fourth-order valence-corrected chi connectivity index (χ4v) is 3.88. The first-order valence-electron chi connectivity index (χ1n) is 8.75. The second kappa shape index (κ2) is 8.57. The third kappa shape index (κ3) is 4.19. The van der Waals surface area contributed by atoms with Crippen LogP contribution in [0, 0.1) is 29.6 Å². The minimum atomic E-state index is -4.66. The monoisotopic (exact) mass is 459 g/mol. The highest BCUT2D eigenvalue weighted by Crippen LogP contribution is 2.30. The zero-order valence-corrected chi connectivity index (χ0v) is 17.3. The van der Waals surface area contributed by atoms with Crippen molar-refractivity contribution in [1.82, 2.24) is 4.57 Å². The van der Waals surface area contributed by atoms with Crippen molar-refractivity contribution in [2.75, 3.05) is 7.11 Å². The minimum Gasteiger partial charge on any atom is -0.465 e. The van der Waals surface area contributed by atoms with Crippen molar-refractivity contribution in [2.24, 2.45) is 0 Å². The van der Waals surface area contributed by atoms with Gasteiger partial charge >= 0.3 is 12.1 Å². The number of hydrogen-bond donors (Lipinski definition) is 0. The Morgan fingerprint density at radius 1 is 1.25 bits per heavy atom. The second-order valence-corrected chi connectivity index (χ2v) is 7.34. The number of carbonyl (C=O) groups is 1. The van der Waals surface area contributed by atoms with E-state index in [-0.39, 0.29) is 32.0 Å².